The number of amides is 3. The summed E-state index contributed by atoms with van der Waals surface area (Å²) >= 11 is 0. The van der Waals surface area contributed by atoms with E-state index < -0.39 is 0 Å². The Bertz CT molecular complexity index is 434. The topological polar surface area (TPSA) is 65.5 Å². The Morgan fingerprint density at radius 3 is 2.37 bits per heavy atom. The fourth-order valence-electron chi connectivity index (χ4n) is 1.52. The van der Waals surface area contributed by atoms with E-state index >= 15 is 0 Å². The molecule has 1 heterocycles. The van der Waals surface area contributed by atoms with Crippen LogP contribution in [-0.2, 0) is 4.79 Å². The minimum absolute atomic E-state index is 0.0110. The Hall–Kier alpha value is -2.11. The molecule has 0 aliphatic carbocycles. The van der Waals surface area contributed by atoms with Gasteiger partial charge in [-0.2, -0.15) is 0 Å². The highest BCUT2D eigenvalue weighted by molar-refractivity contribution is 5.83. The van der Waals surface area contributed by atoms with Gasteiger partial charge in [0.05, 0.1) is 12.6 Å². The van der Waals surface area contributed by atoms with Crippen molar-refractivity contribution in [2.24, 2.45) is 0 Å². The Morgan fingerprint density at radius 1 is 1.26 bits per heavy atom. The number of nitrogens with one attached hydrogen (secondary N) is 1. The number of likely N-dealkylation sites (N-methyl/N-ethyl adjacent to an activating group) is 1. The van der Waals surface area contributed by atoms with E-state index in [4.69, 9.17) is 0 Å². The average molecular weight is 264 g/mol. The summed E-state index contributed by atoms with van der Waals surface area (Å²) in [4.78, 5) is 30.2. The van der Waals surface area contributed by atoms with Gasteiger partial charge in [-0.25, -0.2) is 4.79 Å². The van der Waals surface area contributed by atoms with Crippen LogP contribution in [0.2, 0.25) is 0 Å². The second-order valence-corrected chi connectivity index (χ2v) is 4.51. The molecule has 6 heteroatoms. The van der Waals surface area contributed by atoms with Gasteiger partial charge in [0.25, 0.3) is 0 Å². The molecule has 0 saturated carbocycles. The van der Waals surface area contributed by atoms with E-state index in [0.29, 0.717) is 0 Å². The first-order chi connectivity index (χ1) is 8.93. The van der Waals surface area contributed by atoms with Crippen molar-refractivity contribution in [2.75, 3.05) is 27.7 Å². The fourth-order valence-corrected chi connectivity index (χ4v) is 1.52. The van der Waals surface area contributed by atoms with Crippen molar-refractivity contribution in [3.63, 3.8) is 0 Å². The molecule has 19 heavy (non-hydrogen) atoms. The van der Waals surface area contributed by atoms with E-state index in [1.807, 2.05) is 19.1 Å². The second-order valence-electron chi connectivity index (χ2n) is 4.51. The third kappa shape index (κ3) is 4.24. The van der Waals surface area contributed by atoms with Crippen LogP contribution < -0.4 is 5.32 Å². The first-order valence-corrected chi connectivity index (χ1v) is 6.04. The van der Waals surface area contributed by atoms with E-state index in [9.17, 15) is 9.59 Å². The molecule has 0 spiro atoms. The van der Waals surface area contributed by atoms with E-state index in [0.717, 1.165) is 5.56 Å². The number of carbonyl (C=O) groups is 2. The molecule has 1 unspecified atom stereocenters. The molecule has 6 nitrogen and oxygen atoms in total. The molecule has 0 aliphatic rings. The second kappa shape index (κ2) is 6.72. The molecular formula is C13H20N4O2. The van der Waals surface area contributed by atoms with E-state index in [-0.39, 0.29) is 24.5 Å². The van der Waals surface area contributed by atoms with Crippen molar-refractivity contribution >= 4 is 11.9 Å². The highest BCUT2D eigenvalue weighted by Gasteiger charge is 2.17. The summed E-state index contributed by atoms with van der Waals surface area (Å²) in [5, 5.41) is 2.55. The maximum atomic E-state index is 12.0. The first kappa shape index (κ1) is 14.9. The van der Waals surface area contributed by atoms with Crippen LogP contribution in [0.1, 0.15) is 18.5 Å². The van der Waals surface area contributed by atoms with Crippen molar-refractivity contribution in [3.8, 4) is 0 Å². The number of hydrogen-bond donors (Lipinski definition) is 1. The number of rotatable bonds is 4. The molecule has 3 amide bonds. The zero-order chi connectivity index (χ0) is 14.4. The van der Waals surface area contributed by atoms with Gasteiger partial charge in [-0.3, -0.25) is 9.78 Å². The molecule has 104 valence electrons. The monoisotopic (exact) mass is 264 g/mol. The Labute approximate surface area is 113 Å². The molecule has 0 saturated heterocycles. The molecule has 0 aliphatic heterocycles. The van der Waals surface area contributed by atoms with Crippen LogP contribution >= 0.6 is 0 Å². The van der Waals surface area contributed by atoms with Crippen molar-refractivity contribution in [2.45, 2.75) is 13.0 Å². The summed E-state index contributed by atoms with van der Waals surface area (Å²) in [5.41, 5.74) is 1.00. The van der Waals surface area contributed by atoms with Crippen LogP contribution in [0, 0.1) is 0 Å². The maximum Gasteiger partial charge on any atom is 0.317 e. The average Bonchev–Trinajstić information content (AvgIpc) is 2.43. The first-order valence-electron chi connectivity index (χ1n) is 6.04. The van der Waals surface area contributed by atoms with Crippen LogP contribution in [-0.4, -0.2) is 54.4 Å². The van der Waals surface area contributed by atoms with Gasteiger partial charge in [-0.05, 0) is 24.6 Å². The molecule has 1 aromatic rings. The van der Waals surface area contributed by atoms with E-state index in [1.165, 1.54) is 4.90 Å². The lowest BCUT2D eigenvalue weighted by atomic mass is 10.1. The molecule has 1 atom stereocenters. The standard InChI is InChI=1S/C13H20N4O2/c1-10(11-5-7-14-8-6-11)17(4)12(18)9-15-13(19)16(2)3/h5-8,10H,9H2,1-4H3,(H,15,19). The van der Waals surface area contributed by atoms with Crippen molar-refractivity contribution in [1.82, 2.24) is 20.1 Å². The minimum atomic E-state index is -0.279. The number of hydrogen-bond acceptors (Lipinski definition) is 3. The molecular weight excluding hydrogens is 244 g/mol. The number of aromatic nitrogens is 1. The van der Waals surface area contributed by atoms with Gasteiger partial charge in [0.2, 0.25) is 5.91 Å². The lowest BCUT2D eigenvalue weighted by Crippen LogP contribution is -2.42. The summed E-state index contributed by atoms with van der Waals surface area (Å²) < 4.78 is 0. The van der Waals surface area contributed by atoms with E-state index in [1.54, 1.807) is 38.4 Å². The van der Waals surface area contributed by atoms with Crippen molar-refractivity contribution in [3.05, 3.63) is 30.1 Å². The van der Waals surface area contributed by atoms with Gasteiger partial charge < -0.3 is 15.1 Å². The highest BCUT2D eigenvalue weighted by Crippen LogP contribution is 2.17. The predicted molar refractivity (Wildman–Crippen MR) is 72.5 cm³/mol. The maximum absolute atomic E-state index is 12.0. The number of urea groups is 1. The van der Waals surface area contributed by atoms with Crippen LogP contribution in [0.15, 0.2) is 24.5 Å². The normalized spacial score (nSPS) is 11.6. The van der Waals surface area contributed by atoms with Crippen molar-refractivity contribution < 1.29 is 9.59 Å². The van der Waals surface area contributed by atoms with Gasteiger partial charge in [0.15, 0.2) is 0 Å². The molecule has 0 fully saturated rings. The molecule has 1 aromatic heterocycles. The number of pyridine rings is 1. The smallest absolute Gasteiger partial charge is 0.317 e. The van der Waals surface area contributed by atoms with Crippen LogP contribution in [0.25, 0.3) is 0 Å². The predicted octanol–water partition coefficient (Wildman–Crippen LogP) is 0.872. The fraction of sp³-hybridized carbons (Fsp3) is 0.462. The number of carbonyl (C=O) groups excluding carboxylic acids is 2. The third-order valence-corrected chi connectivity index (χ3v) is 2.96. The molecule has 1 rings (SSSR count). The Kier molecular flexibility index (Phi) is 5.29. The lowest BCUT2D eigenvalue weighted by molar-refractivity contribution is -0.130. The molecule has 1 N–H and O–H groups in total. The van der Waals surface area contributed by atoms with Gasteiger partial charge in [-0.1, -0.05) is 0 Å². The zero-order valence-electron chi connectivity index (χ0n) is 11.8. The summed E-state index contributed by atoms with van der Waals surface area (Å²) in [6.45, 7) is 1.92. The quantitative estimate of drug-likeness (QED) is 0.877. The lowest BCUT2D eigenvalue weighted by Gasteiger charge is -2.25. The zero-order valence-corrected chi connectivity index (χ0v) is 11.8. The summed E-state index contributed by atoms with van der Waals surface area (Å²) in [6, 6.07) is 3.39. The van der Waals surface area contributed by atoms with Crippen LogP contribution in [0.5, 0.6) is 0 Å². The molecule has 0 aromatic carbocycles. The molecule has 0 bridgehead atoms. The SMILES string of the molecule is CC(c1ccncc1)N(C)C(=O)CNC(=O)N(C)C. The summed E-state index contributed by atoms with van der Waals surface area (Å²) in [7, 11) is 4.97. The Morgan fingerprint density at radius 2 is 1.84 bits per heavy atom. The largest absolute Gasteiger partial charge is 0.337 e. The van der Waals surface area contributed by atoms with Gasteiger partial charge in [-0.15, -0.1) is 0 Å². The third-order valence-electron chi connectivity index (χ3n) is 2.96. The van der Waals surface area contributed by atoms with E-state index in [2.05, 4.69) is 10.3 Å². The Balaban J connectivity index is 2.55. The minimum Gasteiger partial charge on any atom is -0.337 e. The highest BCUT2D eigenvalue weighted by atomic mass is 16.2. The van der Waals surface area contributed by atoms with Crippen LogP contribution in [0.4, 0.5) is 4.79 Å². The van der Waals surface area contributed by atoms with Crippen molar-refractivity contribution in [1.29, 1.82) is 0 Å². The van der Waals surface area contributed by atoms with Gasteiger partial charge in [0.1, 0.15) is 0 Å². The summed E-state index contributed by atoms with van der Waals surface area (Å²) in [5.74, 6) is -0.139. The van der Waals surface area contributed by atoms with Crippen LogP contribution in [0.3, 0.4) is 0 Å². The number of nitrogens with zero attached hydrogens (tertiary/aromatic N) is 3. The summed E-state index contributed by atoms with van der Waals surface area (Å²) in [6.07, 6.45) is 3.38. The molecule has 0 radical (unpaired) electrons. The van der Waals surface area contributed by atoms with Gasteiger partial charge >= 0.3 is 6.03 Å². The van der Waals surface area contributed by atoms with Gasteiger partial charge in [0, 0.05) is 33.5 Å².